The first kappa shape index (κ1) is 16.9. The summed E-state index contributed by atoms with van der Waals surface area (Å²) in [4.78, 5) is 22.2. The van der Waals surface area contributed by atoms with Crippen molar-refractivity contribution in [3.05, 3.63) is 0 Å². The summed E-state index contributed by atoms with van der Waals surface area (Å²) in [7, 11) is -3.64. The number of sulfonamides is 1. The van der Waals surface area contributed by atoms with E-state index in [0.29, 0.717) is 12.8 Å². The van der Waals surface area contributed by atoms with Crippen LogP contribution in [0.15, 0.2) is 0 Å². The third kappa shape index (κ3) is 4.45. The zero-order chi connectivity index (χ0) is 15.3. The number of ether oxygens (including phenoxy) is 1. The summed E-state index contributed by atoms with van der Waals surface area (Å²) >= 11 is 0. The highest BCUT2D eigenvalue weighted by molar-refractivity contribution is 7.89. The largest absolute Gasteiger partial charge is 0.481 e. The number of esters is 1. The molecule has 0 radical (unpaired) electrons. The van der Waals surface area contributed by atoms with Gasteiger partial charge in [-0.15, -0.1) is 0 Å². The second-order valence-corrected chi connectivity index (χ2v) is 6.94. The van der Waals surface area contributed by atoms with E-state index in [4.69, 9.17) is 9.84 Å². The third-order valence-electron chi connectivity index (χ3n) is 3.40. The van der Waals surface area contributed by atoms with Gasteiger partial charge in [0.25, 0.3) is 0 Å². The van der Waals surface area contributed by atoms with Gasteiger partial charge >= 0.3 is 11.9 Å². The lowest BCUT2D eigenvalue weighted by Gasteiger charge is -2.35. The van der Waals surface area contributed by atoms with Crippen LogP contribution in [0.25, 0.3) is 0 Å². The Balaban J connectivity index is 2.69. The number of hydrogen-bond acceptors (Lipinski definition) is 5. The van der Waals surface area contributed by atoms with Crippen LogP contribution in [0, 0.1) is 5.92 Å². The molecule has 1 saturated heterocycles. The Labute approximate surface area is 118 Å². The predicted molar refractivity (Wildman–Crippen MR) is 71.6 cm³/mol. The number of carbonyl (C=O) groups is 2. The van der Waals surface area contributed by atoms with Crippen LogP contribution >= 0.6 is 0 Å². The van der Waals surface area contributed by atoms with Gasteiger partial charge in [0, 0.05) is 12.6 Å². The monoisotopic (exact) mass is 307 g/mol. The predicted octanol–water partition coefficient (Wildman–Crippen LogP) is 0.454. The zero-order valence-electron chi connectivity index (χ0n) is 11.7. The zero-order valence-corrected chi connectivity index (χ0v) is 12.6. The smallest absolute Gasteiger partial charge is 0.307 e. The second kappa shape index (κ2) is 7.03. The van der Waals surface area contributed by atoms with E-state index in [1.165, 1.54) is 4.31 Å². The molecule has 2 atom stereocenters. The van der Waals surface area contributed by atoms with Crippen molar-refractivity contribution in [2.24, 2.45) is 5.92 Å². The van der Waals surface area contributed by atoms with E-state index in [2.05, 4.69) is 0 Å². The number of piperidine rings is 1. The lowest BCUT2D eigenvalue weighted by atomic mass is 9.96. The van der Waals surface area contributed by atoms with E-state index in [-0.39, 0.29) is 31.4 Å². The Morgan fingerprint density at radius 3 is 2.55 bits per heavy atom. The average molecular weight is 307 g/mol. The first-order valence-corrected chi connectivity index (χ1v) is 8.26. The van der Waals surface area contributed by atoms with E-state index in [0.717, 1.165) is 0 Å². The molecule has 1 aliphatic rings. The van der Waals surface area contributed by atoms with Gasteiger partial charge in [0.15, 0.2) is 0 Å². The summed E-state index contributed by atoms with van der Waals surface area (Å²) < 4.78 is 30.3. The summed E-state index contributed by atoms with van der Waals surface area (Å²) in [6.45, 7) is 3.58. The van der Waals surface area contributed by atoms with E-state index in [9.17, 15) is 18.0 Å². The first-order chi connectivity index (χ1) is 9.27. The Morgan fingerprint density at radius 1 is 1.35 bits per heavy atom. The molecule has 20 heavy (non-hydrogen) atoms. The minimum Gasteiger partial charge on any atom is -0.481 e. The maximum Gasteiger partial charge on any atom is 0.307 e. The number of nitrogens with zero attached hydrogens (tertiary/aromatic N) is 1. The van der Waals surface area contributed by atoms with Gasteiger partial charge in [-0.05, 0) is 26.7 Å². The molecule has 116 valence electrons. The highest BCUT2D eigenvalue weighted by Crippen LogP contribution is 2.25. The molecule has 0 amide bonds. The summed E-state index contributed by atoms with van der Waals surface area (Å²) in [5, 5.41) is 9.00. The van der Waals surface area contributed by atoms with Crippen LogP contribution in [0.1, 0.15) is 33.1 Å². The SMILES string of the molecule is CCOC(=O)CCS(=O)(=O)N1CC(C(=O)O)CCC1C. The Hall–Kier alpha value is -1.15. The number of aliphatic carboxylic acids is 1. The fraction of sp³-hybridized carbons (Fsp3) is 0.833. The van der Waals surface area contributed by atoms with Crippen molar-refractivity contribution >= 4 is 22.0 Å². The molecule has 0 spiro atoms. The highest BCUT2D eigenvalue weighted by atomic mass is 32.2. The molecule has 0 aliphatic carbocycles. The number of rotatable bonds is 6. The van der Waals surface area contributed by atoms with Gasteiger partial charge in [-0.2, -0.15) is 4.31 Å². The highest BCUT2D eigenvalue weighted by Gasteiger charge is 2.36. The quantitative estimate of drug-likeness (QED) is 0.715. The van der Waals surface area contributed by atoms with Crippen molar-refractivity contribution in [3.8, 4) is 0 Å². The maximum absolute atomic E-state index is 12.2. The van der Waals surface area contributed by atoms with Crippen LogP contribution < -0.4 is 0 Å². The van der Waals surface area contributed by atoms with Crippen LogP contribution in [0.4, 0.5) is 0 Å². The molecule has 8 heteroatoms. The number of hydrogen-bond donors (Lipinski definition) is 1. The van der Waals surface area contributed by atoms with Crippen LogP contribution in [-0.2, 0) is 24.3 Å². The summed E-state index contributed by atoms with van der Waals surface area (Å²) in [5.41, 5.74) is 0. The topological polar surface area (TPSA) is 101 Å². The molecule has 0 aromatic rings. The summed E-state index contributed by atoms with van der Waals surface area (Å²) in [5.74, 6) is -2.57. The Bertz CT molecular complexity index is 461. The fourth-order valence-corrected chi connectivity index (χ4v) is 3.95. The lowest BCUT2D eigenvalue weighted by molar-refractivity contribution is -0.144. The molecule has 1 rings (SSSR count). The van der Waals surface area contributed by atoms with Gasteiger partial charge in [0.2, 0.25) is 10.0 Å². The van der Waals surface area contributed by atoms with Crippen LogP contribution in [0.5, 0.6) is 0 Å². The summed E-state index contributed by atoms with van der Waals surface area (Å²) in [6, 6.07) is -0.238. The minimum absolute atomic E-state index is 0.0261. The Kier molecular flexibility index (Phi) is 5.94. The average Bonchev–Trinajstić information content (AvgIpc) is 2.37. The summed E-state index contributed by atoms with van der Waals surface area (Å²) in [6.07, 6.45) is 0.771. The van der Waals surface area contributed by atoms with Gasteiger partial charge in [0.1, 0.15) is 0 Å². The minimum atomic E-state index is -3.64. The normalized spacial score (nSPS) is 24.3. The van der Waals surface area contributed by atoms with Gasteiger partial charge in [0.05, 0.1) is 24.7 Å². The van der Waals surface area contributed by atoms with Gasteiger partial charge in [-0.3, -0.25) is 9.59 Å². The number of carboxylic acid groups (broad SMARTS) is 1. The number of carboxylic acids is 1. The maximum atomic E-state index is 12.2. The van der Waals surface area contributed by atoms with E-state index < -0.39 is 27.9 Å². The van der Waals surface area contributed by atoms with Crippen molar-refractivity contribution in [3.63, 3.8) is 0 Å². The lowest BCUT2D eigenvalue weighted by Crippen LogP contribution is -2.48. The molecule has 2 unspecified atom stereocenters. The van der Waals surface area contributed by atoms with E-state index >= 15 is 0 Å². The van der Waals surface area contributed by atoms with E-state index in [1.807, 2.05) is 0 Å². The van der Waals surface area contributed by atoms with Gasteiger partial charge in [-0.1, -0.05) is 0 Å². The van der Waals surface area contributed by atoms with Crippen LogP contribution in [0.2, 0.25) is 0 Å². The van der Waals surface area contributed by atoms with E-state index in [1.54, 1.807) is 13.8 Å². The molecule has 7 nitrogen and oxygen atoms in total. The molecule has 0 bridgehead atoms. The molecule has 1 aliphatic heterocycles. The molecule has 0 saturated carbocycles. The van der Waals surface area contributed by atoms with Crippen molar-refractivity contribution in [1.29, 1.82) is 0 Å². The molecule has 1 heterocycles. The Morgan fingerprint density at radius 2 is 2.00 bits per heavy atom. The second-order valence-electron chi connectivity index (χ2n) is 4.90. The molecular formula is C12H21NO6S. The van der Waals surface area contributed by atoms with Crippen LogP contribution in [-0.4, -0.2) is 54.7 Å². The molecule has 1 N–H and O–H groups in total. The number of carbonyl (C=O) groups excluding carboxylic acids is 1. The molecule has 0 aromatic carbocycles. The molecular weight excluding hydrogens is 286 g/mol. The first-order valence-electron chi connectivity index (χ1n) is 6.66. The van der Waals surface area contributed by atoms with Crippen molar-refractivity contribution in [1.82, 2.24) is 4.31 Å². The third-order valence-corrected chi connectivity index (χ3v) is 5.34. The van der Waals surface area contributed by atoms with Crippen molar-refractivity contribution in [2.45, 2.75) is 39.2 Å². The standard InChI is InChI=1S/C12H21NO6S/c1-3-19-11(14)6-7-20(17,18)13-8-10(12(15)16)5-4-9(13)2/h9-10H,3-8H2,1-2H3,(H,15,16). The van der Waals surface area contributed by atoms with Gasteiger partial charge < -0.3 is 9.84 Å². The van der Waals surface area contributed by atoms with Gasteiger partial charge in [-0.25, -0.2) is 8.42 Å². The van der Waals surface area contributed by atoms with Crippen LogP contribution in [0.3, 0.4) is 0 Å². The van der Waals surface area contributed by atoms with Crippen molar-refractivity contribution in [2.75, 3.05) is 18.9 Å². The molecule has 1 fully saturated rings. The molecule has 0 aromatic heterocycles. The van der Waals surface area contributed by atoms with Crippen molar-refractivity contribution < 1.29 is 27.9 Å². The fourth-order valence-electron chi connectivity index (χ4n) is 2.23.